The van der Waals surface area contributed by atoms with Gasteiger partial charge >= 0.3 is 0 Å². The smallest absolute Gasteiger partial charge is 0.271 e. The number of nitrogens with zero attached hydrogens (tertiary/aromatic N) is 4. The Morgan fingerprint density at radius 3 is 2.08 bits per heavy atom. The first-order chi connectivity index (χ1) is 17.2. The number of benzene rings is 3. The summed E-state index contributed by atoms with van der Waals surface area (Å²) in [4.78, 5) is 22.0. The van der Waals surface area contributed by atoms with E-state index in [2.05, 4.69) is 11.0 Å². The SMILES string of the molecule is N#Cc1ccccc1CC1CCN(c2ccc([N+](=O)[O-])cc2Cl)CC1.O=[N+]([O-])c1ccc(F)c(Cl)c1. The van der Waals surface area contributed by atoms with E-state index in [9.17, 15) is 29.9 Å². The predicted octanol–water partition coefficient (Wildman–Crippen LogP) is 6.97. The van der Waals surface area contributed by atoms with Gasteiger partial charge in [-0.3, -0.25) is 20.2 Å². The summed E-state index contributed by atoms with van der Waals surface area (Å²) in [5.41, 5.74) is 2.51. The second kappa shape index (κ2) is 12.3. The van der Waals surface area contributed by atoms with Crippen molar-refractivity contribution in [2.24, 2.45) is 5.92 Å². The topological polar surface area (TPSA) is 113 Å². The molecule has 1 aliphatic heterocycles. The van der Waals surface area contributed by atoms with Crippen LogP contribution in [0.1, 0.15) is 24.0 Å². The molecule has 0 spiro atoms. The average Bonchev–Trinajstić information content (AvgIpc) is 2.87. The van der Waals surface area contributed by atoms with Crippen LogP contribution in [-0.2, 0) is 6.42 Å². The van der Waals surface area contributed by atoms with Gasteiger partial charge in [-0.1, -0.05) is 41.4 Å². The van der Waals surface area contributed by atoms with Gasteiger partial charge in [-0.15, -0.1) is 0 Å². The lowest BCUT2D eigenvalue weighted by atomic mass is 9.88. The fourth-order valence-electron chi connectivity index (χ4n) is 3.96. The van der Waals surface area contributed by atoms with E-state index in [0.29, 0.717) is 10.9 Å². The summed E-state index contributed by atoms with van der Waals surface area (Å²) >= 11 is 11.5. The number of nitriles is 1. The van der Waals surface area contributed by atoms with Gasteiger partial charge in [0.25, 0.3) is 11.4 Å². The van der Waals surface area contributed by atoms with Crippen molar-refractivity contribution in [2.75, 3.05) is 18.0 Å². The van der Waals surface area contributed by atoms with Crippen LogP contribution in [0.5, 0.6) is 0 Å². The molecule has 0 radical (unpaired) electrons. The number of nitro groups is 2. The number of hydrogen-bond acceptors (Lipinski definition) is 6. The molecule has 0 bridgehead atoms. The number of piperidine rings is 1. The second-order valence-corrected chi connectivity index (χ2v) is 8.97. The maximum absolute atomic E-state index is 12.4. The van der Waals surface area contributed by atoms with Crippen LogP contribution < -0.4 is 4.90 Å². The summed E-state index contributed by atoms with van der Waals surface area (Å²) in [7, 11) is 0. The van der Waals surface area contributed by atoms with Crippen molar-refractivity contribution in [2.45, 2.75) is 19.3 Å². The van der Waals surface area contributed by atoms with Crippen LogP contribution in [0.3, 0.4) is 0 Å². The van der Waals surface area contributed by atoms with E-state index in [1.165, 1.54) is 12.1 Å². The van der Waals surface area contributed by atoms with Gasteiger partial charge in [0.1, 0.15) is 5.82 Å². The summed E-state index contributed by atoms with van der Waals surface area (Å²) < 4.78 is 12.4. The Hall–Kier alpha value is -3.74. The lowest BCUT2D eigenvalue weighted by Gasteiger charge is -2.34. The molecule has 186 valence electrons. The van der Waals surface area contributed by atoms with Gasteiger partial charge in [-0.2, -0.15) is 5.26 Å². The summed E-state index contributed by atoms with van der Waals surface area (Å²) in [6.45, 7) is 1.72. The fraction of sp³-hybridized carbons (Fsp3) is 0.240. The maximum Gasteiger partial charge on any atom is 0.271 e. The van der Waals surface area contributed by atoms with Crippen LogP contribution in [-0.4, -0.2) is 22.9 Å². The number of rotatable bonds is 5. The normalized spacial score (nSPS) is 13.3. The third-order valence-corrected chi connectivity index (χ3v) is 6.45. The molecule has 1 fully saturated rings. The first kappa shape index (κ1) is 26.9. The Morgan fingerprint density at radius 2 is 1.53 bits per heavy atom. The summed E-state index contributed by atoms with van der Waals surface area (Å²) in [5.74, 6) is -0.125. The molecule has 3 aromatic carbocycles. The van der Waals surface area contributed by atoms with Crippen LogP contribution >= 0.6 is 23.2 Å². The van der Waals surface area contributed by atoms with Crippen molar-refractivity contribution >= 4 is 40.3 Å². The number of halogens is 3. The molecule has 1 aliphatic rings. The van der Waals surface area contributed by atoms with Crippen molar-refractivity contribution in [3.63, 3.8) is 0 Å². The molecule has 0 amide bonds. The van der Waals surface area contributed by atoms with Crippen molar-refractivity contribution in [1.29, 1.82) is 5.26 Å². The molecule has 4 rings (SSSR count). The van der Waals surface area contributed by atoms with Crippen LogP contribution in [0, 0.1) is 43.3 Å². The molecule has 11 heteroatoms. The summed E-state index contributed by atoms with van der Waals surface area (Å²) in [5, 5.41) is 30.3. The number of non-ortho nitro benzene ring substituents is 2. The minimum absolute atomic E-state index is 0.0109. The highest BCUT2D eigenvalue weighted by Crippen LogP contribution is 2.33. The Kier molecular flexibility index (Phi) is 9.17. The zero-order chi connectivity index (χ0) is 26.2. The Labute approximate surface area is 216 Å². The molecule has 0 unspecified atom stereocenters. The van der Waals surface area contributed by atoms with Crippen molar-refractivity contribution in [3.8, 4) is 6.07 Å². The van der Waals surface area contributed by atoms with Gasteiger partial charge < -0.3 is 4.90 Å². The van der Waals surface area contributed by atoms with Crippen molar-refractivity contribution in [3.05, 3.63) is 108 Å². The summed E-state index contributed by atoms with van der Waals surface area (Å²) in [6, 6.07) is 17.6. The molecule has 0 saturated carbocycles. The molecular weight excluding hydrogens is 510 g/mol. The minimum atomic E-state index is -0.655. The molecule has 0 N–H and O–H groups in total. The van der Waals surface area contributed by atoms with Gasteiger partial charge in [-0.05, 0) is 48.9 Å². The Balaban J connectivity index is 0.000000275. The van der Waals surface area contributed by atoms with Crippen LogP contribution in [0.2, 0.25) is 10.0 Å². The van der Waals surface area contributed by atoms with Gasteiger partial charge in [0.15, 0.2) is 0 Å². The maximum atomic E-state index is 12.4. The predicted molar refractivity (Wildman–Crippen MR) is 136 cm³/mol. The molecule has 0 atom stereocenters. The van der Waals surface area contributed by atoms with Crippen molar-refractivity contribution < 1.29 is 14.2 Å². The monoisotopic (exact) mass is 530 g/mol. The number of nitro benzene ring substituents is 2. The largest absolute Gasteiger partial charge is 0.370 e. The molecule has 0 aromatic heterocycles. The van der Waals surface area contributed by atoms with E-state index in [0.717, 1.165) is 67.4 Å². The first-order valence-corrected chi connectivity index (χ1v) is 11.7. The lowest BCUT2D eigenvalue weighted by molar-refractivity contribution is -0.385. The van der Waals surface area contributed by atoms with Gasteiger partial charge in [-0.25, -0.2) is 4.39 Å². The molecular formula is C25H21Cl2FN4O4. The third-order valence-electron chi connectivity index (χ3n) is 5.86. The molecule has 3 aromatic rings. The Bertz CT molecular complexity index is 1310. The highest BCUT2D eigenvalue weighted by Gasteiger charge is 2.22. The van der Waals surface area contributed by atoms with E-state index in [1.54, 1.807) is 6.07 Å². The zero-order valence-electron chi connectivity index (χ0n) is 18.9. The third kappa shape index (κ3) is 6.90. The quantitative estimate of drug-likeness (QED) is 0.260. The highest BCUT2D eigenvalue weighted by atomic mass is 35.5. The van der Waals surface area contributed by atoms with E-state index >= 15 is 0 Å². The molecule has 36 heavy (non-hydrogen) atoms. The van der Waals surface area contributed by atoms with E-state index in [1.807, 2.05) is 24.3 Å². The average molecular weight is 531 g/mol. The molecule has 0 aliphatic carbocycles. The van der Waals surface area contributed by atoms with Gasteiger partial charge in [0.05, 0.1) is 37.2 Å². The fourth-order valence-corrected chi connectivity index (χ4v) is 4.43. The lowest BCUT2D eigenvalue weighted by Crippen LogP contribution is -2.34. The zero-order valence-corrected chi connectivity index (χ0v) is 20.5. The van der Waals surface area contributed by atoms with Crippen LogP contribution in [0.4, 0.5) is 21.5 Å². The van der Waals surface area contributed by atoms with Crippen LogP contribution in [0.15, 0.2) is 60.7 Å². The molecule has 1 saturated heterocycles. The standard InChI is InChI=1S/C19H18ClN3O2.C6H3ClFNO2/c20-18-12-17(23(24)25)5-6-19(18)22-9-7-14(8-10-22)11-15-3-1-2-4-16(15)13-21;7-5-3-4(9(10)11)1-2-6(5)8/h1-6,12,14H,7-11H2;1-3H. The van der Waals surface area contributed by atoms with E-state index in [4.69, 9.17) is 23.2 Å². The van der Waals surface area contributed by atoms with E-state index in [-0.39, 0.29) is 16.4 Å². The minimum Gasteiger partial charge on any atom is -0.370 e. The van der Waals surface area contributed by atoms with Gasteiger partial charge in [0, 0.05) is 37.4 Å². The van der Waals surface area contributed by atoms with Crippen LogP contribution in [0.25, 0.3) is 0 Å². The first-order valence-electron chi connectivity index (χ1n) is 11.0. The molecule has 1 heterocycles. The second-order valence-electron chi connectivity index (χ2n) is 8.15. The Morgan fingerprint density at radius 1 is 0.944 bits per heavy atom. The number of anilines is 1. The van der Waals surface area contributed by atoms with E-state index < -0.39 is 15.7 Å². The van der Waals surface area contributed by atoms with Crippen molar-refractivity contribution in [1.82, 2.24) is 0 Å². The number of hydrogen-bond donors (Lipinski definition) is 0. The highest BCUT2D eigenvalue weighted by molar-refractivity contribution is 6.33. The molecule has 8 nitrogen and oxygen atoms in total. The van der Waals surface area contributed by atoms with Gasteiger partial charge in [0.2, 0.25) is 0 Å². The summed E-state index contributed by atoms with van der Waals surface area (Å²) in [6.07, 6.45) is 2.92.